The van der Waals surface area contributed by atoms with Crippen LogP contribution in [0, 0.1) is 0 Å². The van der Waals surface area contributed by atoms with Crippen LogP contribution in [-0.4, -0.2) is 40.0 Å². The van der Waals surface area contributed by atoms with Crippen LogP contribution in [-0.2, 0) is 11.2 Å². The number of nitrogens with one attached hydrogen (secondary N) is 1. The lowest BCUT2D eigenvalue weighted by atomic mass is 9.90. The maximum atomic E-state index is 6.04. The van der Waals surface area contributed by atoms with Crippen molar-refractivity contribution in [2.75, 3.05) is 23.4 Å². The minimum absolute atomic E-state index is 0.136. The molecule has 2 aliphatic rings. The van der Waals surface area contributed by atoms with Crippen LogP contribution in [0.1, 0.15) is 37.6 Å². The molecule has 0 bridgehead atoms. The largest absolute Gasteiger partial charge is 0.374 e. The molecule has 0 amide bonds. The van der Waals surface area contributed by atoms with E-state index in [4.69, 9.17) is 4.74 Å². The molecule has 2 aliphatic heterocycles. The molecular formula is C13H21N3OS2. The molecule has 0 unspecified atom stereocenters. The van der Waals surface area contributed by atoms with Gasteiger partial charge in [-0.2, -0.15) is 11.8 Å². The van der Waals surface area contributed by atoms with Crippen molar-refractivity contribution in [1.82, 2.24) is 10.2 Å². The Morgan fingerprint density at radius 3 is 3.21 bits per heavy atom. The summed E-state index contributed by atoms with van der Waals surface area (Å²) in [6.45, 7) is 3.05. The van der Waals surface area contributed by atoms with Crippen LogP contribution in [0.3, 0.4) is 0 Å². The molecule has 106 valence electrons. The van der Waals surface area contributed by atoms with Gasteiger partial charge in [-0.1, -0.05) is 18.3 Å². The lowest BCUT2D eigenvalue weighted by Gasteiger charge is -2.37. The zero-order valence-corrected chi connectivity index (χ0v) is 13.0. The molecule has 1 aromatic heterocycles. The van der Waals surface area contributed by atoms with Gasteiger partial charge < -0.3 is 10.1 Å². The number of aromatic nitrogens is 2. The first-order valence-electron chi connectivity index (χ1n) is 7.10. The summed E-state index contributed by atoms with van der Waals surface area (Å²) in [6, 6.07) is 0.495. The van der Waals surface area contributed by atoms with Crippen molar-refractivity contribution in [3.8, 4) is 0 Å². The Labute approximate surface area is 122 Å². The molecule has 1 aromatic rings. The molecule has 2 atom stereocenters. The summed E-state index contributed by atoms with van der Waals surface area (Å²) < 4.78 is 6.04. The lowest BCUT2D eigenvalue weighted by Crippen LogP contribution is -2.44. The fraction of sp³-hybridized carbons (Fsp3) is 0.846. The maximum absolute atomic E-state index is 6.04. The monoisotopic (exact) mass is 299 g/mol. The highest BCUT2D eigenvalue weighted by atomic mass is 32.2. The van der Waals surface area contributed by atoms with Gasteiger partial charge in [-0.3, -0.25) is 0 Å². The van der Waals surface area contributed by atoms with Crippen molar-refractivity contribution in [2.24, 2.45) is 0 Å². The molecule has 19 heavy (non-hydrogen) atoms. The fourth-order valence-electron chi connectivity index (χ4n) is 2.82. The molecule has 1 spiro atoms. The van der Waals surface area contributed by atoms with Gasteiger partial charge in [0.2, 0.25) is 5.13 Å². The maximum Gasteiger partial charge on any atom is 0.205 e. The summed E-state index contributed by atoms with van der Waals surface area (Å²) in [7, 11) is 0. The summed E-state index contributed by atoms with van der Waals surface area (Å²) in [5, 5.41) is 14.2. The number of hydrogen-bond donors (Lipinski definition) is 1. The van der Waals surface area contributed by atoms with E-state index in [0.717, 1.165) is 48.2 Å². The van der Waals surface area contributed by atoms with Crippen LogP contribution in [0.4, 0.5) is 5.13 Å². The van der Waals surface area contributed by atoms with E-state index >= 15 is 0 Å². The van der Waals surface area contributed by atoms with E-state index in [9.17, 15) is 0 Å². The Balaban J connectivity index is 1.59. The zero-order chi connectivity index (χ0) is 13.1. The van der Waals surface area contributed by atoms with Gasteiger partial charge in [-0.25, -0.2) is 0 Å². The van der Waals surface area contributed by atoms with Crippen molar-refractivity contribution < 1.29 is 4.74 Å². The summed E-state index contributed by atoms with van der Waals surface area (Å²) in [5.74, 6) is 2.40. The molecule has 0 aliphatic carbocycles. The molecule has 1 N–H and O–H groups in total. The van der Waals surface area contributed by atoms with E-state index in [1.165, 1.54) is 12.2 Å². The smallest absolute Gasteiger partial charge is 0.205 e. The van der Waals surface area contributed by atoms with Crippen molar-refractivity contribution in [3.63, 3.8) is 0 Å². The van der Waals surface area contributed by atoms with Crippen LogP contribution < -0.4 is 5.32 Å². The van der Waals surface area contributed by atoms with Gasteiger partial charge in [0.15, 0.2) is 0 Å². The highest BCUT2D eigenvalue weighted by molar-refractivity contribution is 7.99. The van der Waals surface area contributed by atoms with Gasteiger partial charge in [0.25, 0.3) is 0 Å². The zero-order valence-electron chi connectivity index (χ0n) is 11.4. The van der Waals surface area contributed by atoms with E-state index in [2.05, 4.69) is 22.4 Å². The fourth-order valence-corrected chi connectivity index (χ4v) is 5.11. The average Bonchev–Trinajstić information content (AvgIpc) is 3.01. The Morgan fingerprint density at radius 2 is 2.42 bits per heavy atom. The first-order valence-corrected chi connectivity index (χ1v) is 9.07. The molecular weight excluding hydrogens is 278 g/mol. The van der Waals surface area contributed by atoms with Gasteiger partial charge in [-0.05, 0) is 31.4 Å². The normalized spacial score (nSPS) is 30.9. The minimum Gasteiger partial charge on any atom is -0.374 e. The Kier molecular flexibility index (Phi) is 4.29. The Hall–Kier alpha value is -0.330. The molecule has 0 aromatic carbocycles. The third-order valence-electron chi connectivity index (χ3n) is 3.82. The number of thioether (sulfide) groups is 1. The first-order chi connectivity index (χ1) is 9.30. The highest BCUT2D eigenvalue weighted by Crippen LogP contribution is 2.39. The van der Waals surface area contributed by atoms with Gasteiger partial charge >= 0.3 is 0 Å². The summed E-state index contributed by atoms with van der Waals surface area (Å²) in [5.41, 5.74) is 0.136. The molecule has 2 fully saturated rings. The number of hydrogen-bond acceptors (Lipinski definition) is 6. The number of ether oxygens (including phenoxy) is 1. The number of rotatable bonds is 4. The van der Waals surface area contributed by atoms with Gasteiger partial charge in [0, 0.05) is 24.8 Å². The third kappa shape index (κ3) is 3.23. The molecule has 0 radical (unpaired) electrons. The predicted octanol–water partition coefficient (Wildman–Crippen LogP) is 2.96. The van der Waals surface area contributed by atoms with E-state index in [1.807, 2.05) is 11.8 Å². The van der Waals surface area contributed by atoms with E-state index in [1.54, 1.807) is 11.3 Å². The van der Waals surface area contributed by atoms with Crippen LogP contribution in [0.15, 0.2) is 0 Å². The second kappa shape index (κ2) is 5.97. The number of anilines is 1. The molecule has 3 rings (SSSR count). The predicted molar refractivity (Wildman–Crippen MR) is 81.2 cm³/mol. The second-order valence-electron chi connectivity index (χ2n) is 5.42. The number of aryl methyl sites for hydroxylation is 1. The van der Waals surface area contributed by atoms with Gasteiger partial charge in [0.1, 0.15) is 5.01 Å². The van der Waals surface area contributed by atoms with Gasteiger partial charge in [0.05, 0.1) is 5.60 Å². The minimum atomic E-state index is 0.136. The van der Waals surface area contributed by atoms with Crippen LogP contribution in [0.2, 0.25) is 0 Å². The Bertz CT molecular complexity index is 418. The van der Waals surface area contributed by atoms with Crippen LogP contribution in [0.25, 0.3) is 0 Å². The molecule has 6 heteroatoms. The summed E-state index contributed by atoms with van der Waals surface area (Å²) >= 11 is 3.72. The Morgan fingerprint density at radius 1 is 1.47 bits per heavy atom. The molecule has 3 heterocycles. The molecule has 2 saturated heterocycles. The van der Waals surface area contributed by atoms with Crippen molar-refractivity contribution in [3.05, 3.63) is 5.01 Å². The quantitative estimate of drug-likeness (QED) is 0.926. The number of nitrogens with zero attached hydrogens (tertiary/aromatic N) is 2. The third-order valence-corrected chi connectivity index (χ3v) is 5.96. The molecule has 0 saturated carbocycles. The second-order valence-corrected chi connectivity index (χ2v) is 7.59. The van der Waals surface area contributed by atoms with Crippen molar-refractivity contribution in [1.29, 1.82) is 0 Å². The van der Waals surface area contributed by atoms with E-state index < -0.39 is 0 Å². The van der Waals surface area contributed by atoms with E-state index in [0.29, 0.717) is 6.04 Å². The summed E-state index contributed by atoms with van der Waals surface area (Å²) in [6.07, 6.45) is 5.56. The van der Waals surface area contributed by atoms with Crippen LogP contribution in [0.5, 0.6) is 0 Å². The van der Waals surface area contributed by atoms with E-state index in [-0.39, 0.29) is 5.60 Å². The molecule has 4 nitrogen and oxygen atoms in total. The van der Waals surface area contributed by atoms with Crippen LogP contribution >= 0.6 is 23.1 Å². The SMILES string of the molecule is CCCc1nnc(N[C@@H]2CCO[C@@]3(CCSC3)C2)s1. The lowest BCUT2D eigenvalue weighted by molar-refractivity contribution is -0.0628. The van der Waals surface area contributed by atoms with Crippen molar-refractivity contribution >= 4 is 28.2 Å². The summed E-state index contributed by atoms with van der Waals surface area (Å²) in [4.78, 5) is 0. The highest BCUT2D eigenvalue weighted by Gasteiger charge is 2.40. The topological polar surface area (TPSA) is 47.0 Å². The first kappa shape index (κ1) is 13.6. The average molecular weight is 299 g/mol. The van der Waals surface area contributed by atoms with Gasteiger partial charge in [-0.15, -0.1) is 10.2 Å². The van der Waals surface area contributed by atoms with Crippen molar-refractivity contribution in [2.45, 2.75) is 50.7 Å². The standard InChI is InChI=1S/C13H21N3OS2/c1-2-3-11-15-16-12(19-11)14-10-4-6-17-13(8-10)5-7-18-9-13/h10H,2-9H2,1H3,(H,14,16)/t10-,13+/m1/s1.